The van der Waals surface area contributed by atoms with Gasteiger partial charge >= 0.3 is 0 Å². The Bertz CT molecular complexity index is 630. The zero-order chi connectivity index (χ0) is 16.2. The zero-order valence-electron chi connectivity index (χ0n) is 13.4. The number of fused-ring (bicyclic) bond motifs is 1. The molecule has 23 heavy (non-hydrogen) atoms. The predicted molar refractivity (Wildman–Crippen MR) is 92.6 cm³/mol. The van der Waals surface area contributed by atoms with E-state index in [1.807, 2.05) is 23.1 Å². The van der Waals surface area contributed by atoms with E-state index >= 15 is 0 Å². The van der Waals surface area contributed by atoms with E-state index in [0.717, 1.165) is 36.7 Å². The minimum atomic E-state index is -0.309. The number of piperazine rings is 1. The van der Waals surface area contributed by atoms with Crippen LogP contribution in [0.1, 0.15) is 18.4 Å². The van der Waals surface area contributed by atoms with Crippen LogP contribution in [0.3, 0.4) is 0 Å². The van der Waals surface area contributed by atoms with E-state index < -0.39 is 0 Å². The molecule has 1 N–H and O–H groups in total. The van der Waals surface area contributed by atoms with Crippen LogP contribution in [0.2, 0.25) is 0 Å². The highest BCUT2D eigenvalue weighted by Gasteiger charge is 2.21. The Labute approximate surface area is 140 Å². The molecular formula is C17H23N3O2S. The number of aliphatic hydroxyl groups excluding tert-OH is 1. The Morgan fingerprint density at radius 2 is 2.04 bits per heavy atom. The van der Waals surface area contributed by atoms with Crippen molar-refractivity contribution >= 4 is 27.5 Å². The first kappa shape index (κ1) is 16.4. The van der Waals surface area contributed by atoms with E-state index in [2.05, 4.69) is 16.0 Å². The van der Waals surface area contributed by atoms with Crippen LogP contribution in [0, 0.1) is 0 Å². The molecule has 1 aromatic carbocycles. The van der Waals surface area contributed by atoms with Crippen LogP contribution in [-0.2, 0) is 11.2 Å². The van der Waals surface area contributed by atoms with Crippen molar-refractivity contribution in [1.82, 2.24) is 14.8 Å². The van der Waals surface area contributed by atoms with Crippen molar-refractivity contribution in [3.8, 4) is 0 Å². The largest absolute Gasteiger partial charge is 0.392 e. The van der Waals surface area contributed by atoms with Gasteiger partial charge in [0.2, 0.25) is 5.91 Å². The number of amides is 1. The number of hydrogen-bond donors (Lipinski definition) is 1. The fraction of sp³-hybridized carbons (Fsp3) is 0.529. The van der Waals surface area contributed by atoms with Gasteiger partial charge in [-0.05, 0) is 19.1 Å². The molecule has 1 aliphatic heterocycles. The lowest BCUT2D eigenvalue weighted by Crippen LogP contribution is -2.50. The summed E-state index contributed by atoms with van der Waals surface area (Å²) in [4.78, 5) is 21.1. The third-order valence-electron chi connectivity index (χ3n) is 4.14. The van der Waals surface area contributed by atoms with Gasteiger partial charge in [-0.3, -0.25) is 9.69 Å². The number of hydrogen-bond acceptors (Lipinski definition) is 5. The van der Waals surface area contributed by atoms with Crippen LogP contribution in [0.5, 0.6) is 0 Å². The number of para-hydroxylation sites is 1. The first-order valence-corrected chi connectivity index (χ1v) is 8.96. The summed E-state index contributed by atoms with van der Waals surface area (Å²) in [6.07, 6.45) is 0.929. The first-order chi connectivity index (χ1) is 11.1. The fourth-order valence-corrected chi connectivity index (χ4v) is 3.92. The van der Waals surface area contributed by atoms with Crippen molar-refractivity contribution in [1.29, 1.82) is 0 Å². The van der Waals surface area contributed by atoms with Crippen molar-refractivity contribution < 1.29 is 9.90 Å². The Balaban J connectivity index is 1.48. The highest BCUT2D eigenvalue weighted by Crippen LogP contribution is 2.22. The molecule has 3 rings (SSSR count). The number of thiazole rings is 1. The fourth-order valence-electron chi connectivity index (χ4n) is 2.95. The minimum Gasteiger partial charge on any atom is -0.392 e. The van der Waals surface area contributed by atoms with Gasteiger partial charge in [-0.2, -0.15) is 0 Å². The normalized spacial score (nSPS) is 17.6. The molecule has 0 unspecified atom stereocenters. The van der Waals surface area contributed by atoms with Crippen molar-refractivity contribution in [3.05, 3.63) is 29.3 Å². The molecule has 0 aliphatic carbocycles. The van der Waals surface area contributed by atoms with Crippen molar-refractivity contribution in [3.63, 3.8) is 0 Å². The number of β-amino-alcohol motifs (C(OH)–C–C–N with tert-alkyl or cyclic N) is 1. The summed E-state index contributed by atoms with van der Waals surface area (Å²) in [5.41, 5.74) is 1.02. The Hall–Kier alpha value is -1.50. The van der Waals surface area contributed by atoms with Gasteiger partial charge in [0.1, 0.15) is 0 Å². The molecule has 1 saturated heterocycles. The van der Waals surface area contributed by atoms with E-state index in [0.29, 0.717) is 19.4 Å². The van der Waals surface area contributed by atoms with Gasteiger partial charge in [-0.1, -0.05) is 12.1 Å². The Kier molecular flexibility index (Phi) is 5.25. The number of benzene rings is 1. The number of aromatic nitrogens is 1. The number of aliphatic hydroxyl groups is 1. The summed E-state index contributed by atoms with van der Waals surface area (Å²) in [5, 5.41) is 10.5. The quantitative estimate of drug-likeness (QED) is 0.906. The van der Waals surface area contributed by atoms with E-state index in [-0.39, 0.29) is 12.0 Å². The number of rotatable bonds is 5. The summed E-state index contributed by atoms with van der Waals surface area (Å²) in [5.74, 6) is 0.209. The lowest BCUT2D eigenvalue weighted by Gasteiger charge is -2.35. The minimum absolute atomic E-state index is 0.209. The van der Waals surface area contributed by atoms with Crippen LogP contribution in [0.4, 0.5) is 0 Å². The molecular weight excluding hydrogens is 310 g/mol. The summed E-state index contributed by atoms with van der Waals surface area (Å²) in [7, 11) is 0. The van der Waals surface area contributed by atoms with Gasteiger partial charge in [0.05, 0.1) is 21.3 Å². The van der Waals surface area contributed by atoms with Crippen molar-refractivity contribution in [2.45, 2.75) is 25.9 Å². The second-order valence-electron chi connectivity index (χ2n) is 6.11. The molecule has 1 amide bonds. The topological polar surface area (TPSA) is 56.7 Å². The highest BCUT2D eigenvalue weighted by atomic mass is 32.1. The molecule has 1 fully saturated rings. The Morgan fingerprint density at radius 3 is 2.74 bits per heavy atom. The van der Waals surface area contributed by atoms with Crippen LogP contribution in [0.25, 0.3) is 10.2 Å². The Morgan fingerprint density at radius 1 is 1.30 bits per heavy atom. The summed E-state index contributed by atoms with van der Waals surface area (Å²) in [6, 6.07) is 8.09. The molecule has 0 radical (unpaired) electrons. The maximum Gasteiger partial charge on any atom is 0.223 e. The van der Waals surface area contributed by atoms with E-state index in [4.69, 9.17) is 0 Å². The third kappa shape index (κ3) is 4.28. The van der Waals surface area contributed by atoms with Crippen LogP contribution >= 0.6 is 11.3 Å². The van der Waals surface area contributed by atoms with E-state index in [1.165, 1.54) is 4.70 Å². The smallest absolute Gasteiger partial charge is 0.223 e. The molecule has 2 heterocycles. The molecule has 0 saturated carbocycles. The summed E-state index contributed by atoms with van der Waals surface area (Å²) >= 11 is 1.68. The highest BCUT2D eigenvalue weighted by molar-refractivity contribution is 7.18. The zero-order valence-corrected chi connectivity index (χ0v) is 14.3. The van der Waals surface area contributed by atoms with Crippen molar-refractivity contribution in [2.75, 3.05) is 32.7 Å². The number of nitrogens with zero attached hydrogens (tertiary/aromatic N) is 3. The molecule has 2 aromatic rings. The van der Waals surface area contributed by atoms with Gasteiger partial charge in [0.25, 0.3) is 0 Å². The third-order valence-corrected chi connectivity index (χ3v) is 5.23. The van der Waals surface area contributed by atoms with Gasteiger partial charge in [-0.15, -0.1) is 11.3 Å². The number of aryl methyl sites for hydroxylation is 1. The molecule has 6 heteroatoms. The molecule has 1 aliphatic rings. The van der Waals surface area contributed by atoms with Gasteiger partial charge in [0, 0.05) is 45.6 Å². The lowest BCUT2D eigenvalue weighted by molar-refractivity contribution is -0.133. The van der Waals surface area contributed by atoms with Gasteiger partial charge in [-0.25, -0.2) is 4.98 Å². The van der Waals surface area contributed by atoms with Gasteiger partial charge < -0.3 is 10.0 Å². The lowest BCUT2D eigenvalue weighted by atomic mass is 10.2. The monoisotopic (exact) mass is 333 g/mol. The van der Waals surface area contributed by atoms with Crippen LogP contribution in [-0.4, -0.2) is 64.6 Å². The number of carbonyl (C=O) groups is 1. The average Bonchev–Trinajstić information content (AvgIpc) is 2.95. The van der Waals surface area contributed by atoms with Crippen molar-refractivity contribution in [2.24, 2.45) is 0 Å². The average molecular weight is 333 g/mol. The molecule has 1 atom stereocenters. The SMILES string of the molecule is C[C@@H](O)CN1CCN(C(=O)CCc2nc3ccccc3s2)CC1. The molecule has 1 aromatic heterocycles. The maximum absolute atomic E-state index is 12.4. The van der Waals surface area contributed by atoms with Crippen LogP contribution in [0.15, 0.2) is 24.3 Å². The maximum atomic E-state index is 12.4. The second kappa shape index (κ2) is 7.38. The predicted octanol–water partition coefficient (Wildman–Crippen LogP) is 1.75. The molecule has 0 spiro atoms. The standard InChI is InChI=1S/C17H23N3O2S/c1-13(21)12-19-8-10-20(11-9-19)17(22)7-6-16-18-14-4-2-3-5-15(14)23-16/h2-5,13,21H,6-12H2,1H3/t13-/m1/s1. The van der Waals surface area contributed by atoms with E-state index in [9.17, 15) is 9.90 Å². The second-order valence-corrected chi connectivity index (χ2v) is 7.22. The molecule has 0 bridgehead atoms. The van der Waals surface area contributed by atoms with Gasteiger partial charge in [0.15, 0.2) is 0 Å². The first-order valence-electron chi connectivity index (χ1n) is 8.14. The van der Waals surface area contributed by atoms with Crippen LogP contribution < -0.4 is 0 Å². The molecule has 5 nitrogen and oxygen atoms in total. The summed E-state index contributed by atoms with van der Waals surface area (Å²) < 4.78 is 1.18. The summed E-state index contributed by atoms with van der Waals surface area (Å²) in [6.45, 7) is 5.69. The van der Waals surface area contributed by atoms with E-state index in [1.54, 1.807) is 18.3 Å². The molecule has 124 valence electrons. The number of carbonyl (C=O) groups excluding carboxylic acids is 1.